The molecule has 6 nitrogen and oxygen atoms in total. The van der Waals surface area contributed by atoms with E-state index < -0.39 is 0 Å². The van der Waals surface area contributed by atoms with E-state index in [1.54, 1.807) is 6.92 Å². The fourth-order valence-electron chi connectivity index (χ4n) is 2.29. The van der Waals surface area contributed by atoms with Crippen molar-refractivity contribution < 1.29 is 9.84 Å². The van der Waals surface area contributed by atoms with Gasteiger partial charge in [0.05, 0.1) is 18.3 Å². The number of nitrogens with zero attached hydrogens (tertiary/aromatic N) is 2. The molecule has 18 heavy (non-hydrogen) atoms. The van der Waals surface area contributed by atoms with Crippen molar-refractivity contribution in [2.45, 2.75) is 32.5 Å². The molecule has 1 aromatic rings. The molecule has 1 aliphatic rings. The van der Waals surface area contributed by atoms with Crippen molar-refractivity contribution in [2.75, 3.05) is 24.6 Å². The van der Waals surface area contributed by atoms with Gasteiger partial charge in [-0.1, -0.05) is 0 Å². The first kappa shape index (κ1) is 13.0. The molecule has 2 N–H and O–H groups in total. The van der Waals surface area contributed by atoms with Crippen LogP contribution in [-0.2, 0) is 4.74 Å². The number of anilines is 1. The lowest BCUT2D eigenvalue weighted by Crippen LogP contribution is -2.54. The summed E-state index contributed by atoms with van der Waals surface area (Å²) in [6.45, 7) is 6.81. The second-order valence-corrected chi connectivity index (χ2v) is 5.25. The molecule has 1 aliphatic heterocycles. The number of ether oxygens (including phenoxy) is 1. The van der Waals surface area contributed by atoms with Crippen molar-refractivity contribution in [3.8, 4) is 0 Å². The summed E-state index contributed by atoms with van der Waals surface area (Å²) in [4.78, 5) is 20.4. The van der Waals surface area contributed by atoms with Crippen LogP contribution in [0.2, 0.25) is 0 Å². The maximum atomic E-state index is 11.5. The summed E-state index contributed by atoms with van der Waals surface area (Å²) in [5.74, 6) is 1.22. The van der Waals surface area contributed by atoms with Crippen LogP contribution >= 0.6 is 0 Å². The average molecular weight is 253 g/mol. The van der Waals surface area contributed by atoms with Crippen LogP contribution in [0.15, 0.2) is 10.9 Å². The van der Waals surface area contributed by atoms with E-state index in [9.17, 15) is 9.90 Å². The molecule has 0 amide bonds. The third-order valence-electron chi connectivity index (χ3n) is 2.86. The minimum atomic E-state index is -0.371. The zero-order chi connectivity index (χ0) is 13.3. The van der Waals surface area contributed by atoms with Gasteiger partial charge in [0.2, 0.25) is 0 Å². The fourth-order valence-corrected chi connectivity index (χ4v) is 2.29. The van der Waals surface area contributed by atoms with Crippen molar-refractivity contribution >= 4 is 5.82 Å². The largest absolute Gasteiger partial charge is 0.394 e. The first-order valence-corrected chi connectivity index (χ1v) is 6.01. The minimum Gasteiger partial charge on any atom is -0.394 e. The fraction of sp³-hybridized carbons (Fsp3) is 0.667. The van der Waals surface area contributed by atoms with Crippen LogP contribution in [0.5, 0.6) is 0 Å². The Morgan fingerprint density at radius 2 is 2.39 bits per heavy atom. The van der Waals surface area contributed by atoms with E-state index in [2.05, 4.69) is 9.97 Å². The summed E-state index contributed by atoms with van der Waals surface area (Å²) in [5, 5.41) is 9.26. The van der Waals surface area contributed by atoms with E-state index >= 15 is 0 Å². The van der Waals surface area contributed by atoms with Gasteiger partial charge in [-0.25, -0.2) is 4.98 Å². The van der Waals surface area contributed by atoms with Crippen molar-refractivity contribution in [1.29, 1.82) is 0 Å². The van der Waals surface area contributed by atoms with E-state index in [1.165, 1.54) is 6.07 Å². The molecule has 1 saturated heterocycles. The van der Waals surface area contributed by atoms with E-state index in [0.717, 1.165) is 0 Å². The number of aromatic nitrogens is 2. The van der Waals surface area contributed by atoms with Crippen molar-refractivity contribution in [3.63, 3.8) is 0 Å². The van der Waals surface area contributed by atoms with Crippen molar-refractivity contribution in [3.05, 3.63) is 22.2 Å². The highest BCUT2D eigenvalue weighted by molar-refractivity contribution is 5.39. The van der Waals surface area contributed by atoms with Crippen LogP contribution < -0.4 is 10.5 Å². The summed E-state index contributed by atoms with van der Waals surface area (Å²) in [5.41, 5.74) is -0.536. The first-order valence-electron chi connectivity index (χ1n) is 6.01. The second-order valence-electron chi connectivity index (χ2n) is 5.25. The molecule has 2 heterocycles. The van der Waals surface area contributed by atoms with Gasteiger partial charge in [-0.3, -0.25) is 4.79 Å². The number of H-pyrrole nitrogens is 1. The first-order chi connectivity index (χ1) is 8.39. The van der Waals surface area contributed by atoms with Crippen LogP contribution in [0.1, 0.15) is 19.7 Å². The Morgan fingerprint density at radius 1 is 1.67 bits per heavy atom. The molecule has 0 saturated carbocycles. The van der Waals surface area contributed by atoms with Gasteiger partial charge < -0.3 is 19.7 Å². The third kappa shape index (κ3) is 2.88. The van der Waals surface area contributed by atoms with Crippen LogP contribution in [0.4, 0.5) is 5.82 Å². The lowest BCUT2D eigenvalue weighted by Gasteiger charge is -2.42. The van der Waals surface area contributed by atoms with Crippen molar-refractivity contribution in [2.24, 2.45) is 0 Å². The standard InChI is InChI=1S/C12H19N3O3/c1-8-13-10(4-11(17)14-8)15-5-9(6-16)18-12(2,3)7-15/h4,9,16H,5-7H2,1-3H3,(H,13,14,17). The van der Waals surface area contributed by atoms with Gasteiger partial charge in [0.25, 0.3) is 5.56 Å². The predicted molar refractivity (Wildman–Crippen MR) is 67.8 cm³/mol. The molecule has 1 atom stereocenters. The van der Waals surface area contributed by atoms with Crippen LogP contribution in [0.25, 0.3) is 0 Å². The molecular formula is C12H19N3O3. The summed E-state index contributed by atoms with van der Waals surface area (Å²) in [7, 11) is 0. The number of morpholine rings is 1. The number of hydrogen-bond acceptors (Lipinski definition) is 5. The molecule has 0 spiro atoms. The minimum absolute atomic E-state index is 0.0396. The number of aromatic amines is 1. The lowest BCUT2D eigenvalue weighted by atomic mass is 10.1. The number of aliphatic hydroxyl groups excluding tert-OH is 1. The van der Waals surface area contributed by atoms with Gasteiger partial charge in [0.15, 0.2) is 0 Å². The Morgan fingerprint density at radius 3 is 3.00 bits per heavy atom. The molecule has 6 heteroatoms. The van der Waals surface area contributed by atoms with E-state index in [-0.39, 0.29) is 23.9 Å². The maximum Gasteiger partial charge on any atom is 0.252 e. The SMILES string of the molecule is Cc1nc(N2CC(CO)OC(C)(C)C2)cc(=O)[nH]1. The summed E-state index contributed by atoms with van der Waals surface area (Å²) in [6, 6.07) is 1.48. The van der Waals surface area contributed by atoms with Crippen LogP contribution in [-0.4, -0.2) is 46.5 Å². The molecule has 0 aliphatic carbocycles. The van der Waals surface area contributed by atoms with Gasteiger partial charge in [-0.15, -0.1) is 0 Å². The van der Waals surface area contributed by atoms with Gasteiger partial charge in [0.1, 0.15) is 11.6 Å². The van der Waals surface area contributed by atoms with Gasteiger partial charge in [-0.05, 0) is 20.8 Å². The Bertz CT molecular complexity index is 484. The van der Waals surface area contributed by atoms with E-state index in [4.69, 9.17) is 4.74 Å². The Balaban J connectivity index is 2.28. The topological polar surface area (TPSA) is 78.5 Å². The summed E-state index contributed by atoms with van der Waals surface area (Å²) < 4.78 is 5.73. The molecule has 1 fully saturated rings. The van der Waals surface area contributed by atoms with Crippen LogP contribution in [0.3, 0.4) is 0 Å². The number of nitrogens with one attached hydrogen (secondary N) is 1. The Hall–Kier alpha value is -1.40. The molecule has 0 bridgehead atoms. The number of aryl methyl sites for hydroxylation is 1. The number of rotatable bonds is 2. The Labute approximate surface area is 106 Å². The Kier molecular flexibility index (Phi) is 3.41. The normalized spacial score (nSPS) is 23.1. The molecule has 0 radical (unpaired) electrons. The number of aliphatic hydroxyl groups is 1. The van der Waals surface area contributed by atoms with Crippen molar-refractivity contribution in [1.82, 2.24) is 9.97 Å². The highest BCUT2D eigenvalue weighted by Crippen LogP contribution is 2.24. The zero-order valence-electron chi connectivity index (χ0n) is 10.9. The predicted octanol–water partition coefficient (Wildman–Crippen LogP) is 0.0544. The molecule has 1 unspecified atom stereocenters. The molecular weight excluding hydrogens is 234 g/mol. The zero-order valence-corrected chi connectivity index (χ0v) is 10.9. The second kappa shape index (κ2) is 4.70. The van der Waals surface area contributed by atoms with Gasteiger partial charge in [-0.2, -0.15) is 0 Å². The summed E-state index contributed by atoms with van der Waals surface area (Å²) >= 11 is 0. The molecule has 1 aromatic heterocycles. The quantitative estimate of drug-likeness (QED) is 0.779. The maximum absolute atomic E-state index is 11.5. The van der Waals surface area contributed by atoms with Gasteiger partial charge in [0, 0.05) is 19.2 Å². The monoisotopic (exact) mass is 253 g/mol. The van der Waals surface area contributed by atoms with Gasteiger partial charge >= 0.3 is 0 Å². The smallest absolute Gasteiger partial charge is 0.252 e. The average Bonchev–Trinajstić information content (AvgIpc) is 2.25. The molecule has 2 rings (SSSR count). The highest BCUT2D eigenvalue weighted by Gasteiger charge is 2.33. The lowest BCUT2D eigenvalue weighted by molar-refractivity contribution is -0.101. The number of hydrogen-bond donors (Lipinski definition) is 2. The van der Waals surface area contributed by atoms with E-state index in [0.29, 0.717) is 24.7 Å². The molecule has 100 valence electrons. The van der Waals surface area contributed by atoms with Crippen LogP contribution in [0, 0.1) is 6.92 Å². The molecule has 0 aromatic carbocycles. The third-order valence-corrected chi connectivity index (χ3v) is 2.86. The highest BCUT2D eigenvalue weighted by atomic mass is 16.5. The summed E-state index contributed by atoms with van der Waals surface area (Å²) in [6.07, 6.45) is -0.254. The van der Waals surface area contributed by atoms with E-state index in [1.807, 2.05) is 18.7 Å².